The minimum Gasteiger partial charge on any atom is -0.383 e. The number of methoxy groups -OCH3 is 1. The third-order valence-electron chi connectivity index (χ3n) is 5.72. The Balaban J connectivity index is 1.58. The maximum Gasteiger partial charge on any atom is 0.262 e. The van der Waals surface area contributed by atoms with Crippen LogP contribution >= 0.6 is 0 Å². The number of rotatable bonds is 8. The molecule has 1 aromatic heterocycles. The van der Waals surface area contributed by atoms with Crippen LogP contribution < -0.4 is 0 Å². The zero-order valence-electron chi connectivity index (χ0n) is 17.5. The van der Waals surface area contributed by atoms with Gasteiger partial charge in [0.1, 0.15) is 6.54 Å². The van der Waals surface area contributed by atoms with Crippen LogP contribution in [-0.4, -0.2) is 58.8 Å². The van der Waals surface area contributed by atoms with E-state index in [1.807, 2.05) is 60.3 Å². The van der Waals surface area contributed by atoms with Gasteiger partial charge in [-0.2, -0.15) is 5.10 Å². The molecule has 1 aliphatic heterocycles. The Morgan fingerprint density at radius 3 is 2.57 bits per heavy atom. The second-order valence-electron chi connectivity index (χ2n) is 7.95. The van der Waals surface area contributed by atoms with Crippen molar-refractivity contribution in [3.05, 3.63) is 59.9 Å². The number of benzene rings is 1. The Morgan fingerprint density at radius 1 is 1.17 bits per heavy atom. The first kappa shape index (κ1) is 20.3. The van der Waals surface area contributed by atoms with E-state index < -0.39 is 0 Å². The molecule has 0 N–H and O–H groups in total. The van der Waals surface area contributed by atoms with E-state index in [4.69, 9.17) is 9.84 Å². The van der Waals surface area contributed by atoms with Gasteiger partial charge in [-0.1, -0.05) is 30.3 Å². The molecule has 4 rings (SSSR count). The lowest BCUT2D eigenvalue weighted by Gasteiger charge is -2.27. The van der Waals surface area contributed by atoms with Crippen molar-refractivity contribution >= 4 is 17.5 Å². The lowest BCUT2D eigenvalue weighted by Crippen LogP contribution is -2.43. The van der Waals surface area contributed by atoms with E-state index in [9.17, 15) is 9.59 Å². The summed E-state index contributed by atoms with van der Waals surface area (Å²) in [6.07, 6.45) is 4.42. The number of ether oxygens (including phenoxy) is 1. The molecule has 2 heterocycles. The van der Waals surface area contributed by atoms with Gasteiger partial charge in [-0.25, -0.2) is 5.01 Å². The van der Waals surface area contributed by atoms with Gasteiger partial charge in [-0.05, 0) is 30.5 Å². The van der Waals surface area contributed by atoms with Crippen molar-refractivity contribution in [2.24, 2.45) is 18.1 Å². The van der Waals surface area contributed by atoms with E-state index in [0.717, 1.165) is 29.8 Å². The number of aryl methyl sites for hydroxylation is 1. The lowest BCUT2D eigenvalue weighted by molar-refractivity contribution is -0.142. The van der Waals surface area contributed by atoms with Gasteiger partial charge in [0.15, 0.2) is 0 Å². The molecule has 2 aromatic rings. The third-order valence-corrected chi connectivity index (χ3v) is 5.72. The number of carbonyl (C=O) groups excluding carboxylic acids is 2. The van der Waals surface area contributed by atoms with E-state index in [2.05, 4.69) is 0 Å². The molecule has 1 atom stereocenters. The molecule has 1 saturated carbocycles. The number of carbonyl (C=O) groups is 2. The highest BCUT2D eigenvalue weighted by Gasteiger charge is 2.37. The first-order valence-electron chi connectivity index (χ1n) is 10.4. The maximum atomic E-state index is 13.3. The molecule has 0 spiro atoms. The molecule has 7 nitrogen and oxygen atoms in total. The van der Waals surface area contributed by atoms with Gasteiger partial charge in [0.05, 0.1) is 24.1 Å². The highest BCUT2D eigenvalue weighted by Crippen LogP contribution is 2.34. The van der Waals surface area contributed by atoms with E-state index in [0.29, 0.717) is 19.6 Å². The lowest BCUT2D eigenvalue weighted by atomic mass is 10.0. The van der Waals surface area contributed by atoms with Crippen molar-refractivity contribution in [3.63, 3.8) is 0 Å². The quantitative estimate of drug-likeness (QED) is 0.674. The molecular weight excluding hydrogens is 380 g/mol. The number of aromatic nitrogens is 1. The van der Waals surface area contributed by atoms with Crippen LogP contribution in [0.1, 0.15) is 36.6 Å². The SMILES string of the molecule is COCCN(CC(=O)N1N=C(c2cccn2C)C[C@@H]1c1ccccc1)C(=O)C1CC1. The van der Waals surface area contributed by atoms with Crippen molar-refractivity contribution in [2.75, 3.05) is 26.8 Å². The summed E-state index contributed by atoms with van der Waals surface area (Å²) in [5.74, 6) is -0.0683. The van der Waals surface area contributed by atoms with Gasteiger partial charge < -0.3 is 14.2 Å². The fraction of sp³-hybridized carbons (Fsp3) is 0.435. The monoisotopic (exact) mass is 408 g/mol. The summed E-state index contributed by atoms with van der Waals surface area (Å²) in [4.78, 5) is 27.6. The third kappa shape index (κ3) is 4.31. The Bertz CT molecular complexity index is 933. The molecule has 0 saturated heterocycles. The first-order chi connectivity index (χ1) is 14.6. The van der Waals surface area contributed by atoms with Gasteiger partial charge in [0.25, 0.3) is 5.91 Å². The average molecular weight is 409 g/mol. The average Bonchev–Trinajstić information content (AvgIpc) is 3.38. The highest BCUT2D eigenvalue weighted by molar-refractivity contribution is 6.02. The van der Waals surface area contributed by atoms with Crippen molar-refractivity contribution in [1.82, 2.24) is 14.5 Å². The van der Waals surface area contributed by atoms with Crippen LogP contribution in [0.15, 0.2) is 53.8 Å². The van der Waals surface area contributed by atoms with Crippen LogP contribution in [0.5, 0.6) is 0 Å². The normalized spacial score (nSPS) is 18.4. The van der Waals surface area contributed by atoms with Crippen molar-refractivity contribution in [2.45, 2.75) is 25.3 Å². The smallest absolute Gasteiger partial charge is 0.262 e. The second-order valence-corrected chi connectivity index (χ2v) is 7.95. The minimum atomic E-state index is -0.177. The molecule has 7 heteroatoms. The largest absolute Gasteiger partial charge is 0.383 e. The van der Waals surface area contributed by atoms with Gasteiger partial charge in [0, 0.05) is 39.2 Å². The summed E-state index contributed by atoms with van der Waals surface area (Å²) < 4.78 is 7.16. The number of hydrogen-bond acceptors (Lipinski definition) is 4. The molecule has 158 valence electrons. The summed E-state index contributed by atoms with van der Waals surface area (Å²) in [5, 5.41) is 6.28. The molecule has 0 bridgehead atoms. The predicted molar refractivity (Wildman–Crippen MR) is 114 cm³/mol. The summed E-state index contributed by atoms with van der Waals surface area (Å²) in [6, 6.07) is 13.8. The number of nitrogens with zero attached hydrogens (tertiary/aromatic N) is 4. The molecule has 1 aromatic carbocycles. The van der Waals surface area contributed by atoms with Crippen LogP contribution in [0.25, 0.3) is 0 Å². The van der Waals surface area contributed by atoms with Crippen LogP contribution in [0.2, 0.25) is 0 Å². The molecule has 30 heavy (non-hydrogen) atoms. The van der Waals surface area contributed by atoms with Gasteiger partial charge >= 0.3 is 0 Å². The van der Waals surface area contributed by atoms with Gasteiger partial charge in [-0.3, -0.25) is 9.59 Å². The van der Waals surface area contributed by atoms with Crippen molar-refractivity contribution in [3.8, 4) is 0 Å². The molecule has 1 aliphatic carbocycles. The molecule has 2 aliphatic rings. The molecule has 2 amide bonds. The van der Waals surface area contributed by atoms with E-state index in [-0.39, 0.29) is 30.3 Å². The minimum absolute atomic E-state index is 0.0198. The van der Waals surface area contributed by atoms with Crippen LogP contribution in [-0.2, 0) is 21.4 Å². The molecule has 1 fully saturated rings. The Hall–Kier alpha value is -2.93. The van der Waals surface area contributed by atoms with E-state index in [1.54, 1.807) is 17.0 Å². The standard InChI is InChI=1S/C23H28N4O3/c1-25-12-6-9-20(25)19-15-21(17-7-4-3-5-8-17)27(24-19)22(28)16-26(13-14-30-2)23(29)18-10-11-18/h3-9,12,18,21H,10-11,13-16H2,1-2H3/t21-/m1/s1. The molecule has 0 unspecified atom stereocenters. The zero-order chi connectivity index (χ0) is 21.1. The van der Waals surface area contributed by atoms with Crippen LogP contribution in [0, 0.1) is 5.92 Å². The van der Waals surface area contributed by atoms with Gasteiger partial charge in [-0.15, -0.1) is 0 Å². The van der Waals surface area contributed by atoms with Crippen molar-refractivity contribution < 1.29 is 14.3 Å². The topological polar surface area (TPSA) is 67.1 Å². The van der Waals surface area contributed by atoms with Crippen LogP contribution in [0.3, 0.4) is 0 Å². The van der Waals surface area contributed by atoms with Crippen LogP contribution in [0.4, 0.5) is 0 Å². The molecule has 0 radical (unpaired) electrons. The predicted octanol–water partition coefficient (Wildman–Crippen LogP) is 2.59. The first-order valence-corrected chi connectivity index (χ1v) is 10.4. The fourth-order valence-electron chi connectivity index (χ4n) is 3.88. The number of amides is 2. The summed E-state index contributed by atoms with van der Waals surface area (Å²) in [7, 11) is 3.57. The second kappa shape index (κ2) is 8.83. The Kier molecular flexibility index (Phi) is 5.99. The van der Waals surface area contributed by atoms with E-state index in [1.165, 1.54) is 0 Å². The molecular formula is C23H28N4O3. The summed E-state index contributed by atoms with van der Waals surface area (Å²) >= 11 is 0. The fourth-order valence-corrected chi connectivity index (χ4v) is 3.88. The zero-order valence-corrected chi connectivity index (χ0v) is 17.5. The Morgan fingerprint density at radius 2 is 1.93 bits per heavy atom. The maximum absolute atomic E-state index is 13.3. The Labute approximate surface area is 176 Å². The van der Waals surface area contributed by atoms with E-state index >= 15 is 0 Å². The number of hydrazone groups is 1. The summed E-state index contributed by atoms with van der Waals surface area (Å²) in [6.45, 7) is 0.841. The van der Waals surface area contributed by atoms with Gasteiger partial charge in [0.2, 0.25) is 5.91 Å². The summed E-state index contributed by atoms with van der Waals surface area (Å²) in [5.41, 5.74) is 2.91. The van der Waals surface area contributed by atoms with Crippen molar-refractivity contribution in [1.29, 1.82) is 0 Å². The number of hydrogen-bond donors (Lipinski definition) is 0. The highest BCUT2D eigenvalue weighted by atomic mass is 16.5.